The van der Waals surface area contributed by atoms with Crippen LogP contribution in [0.1, 0.15) is 12.0 Å². The van der Waals surface area contributed by atoms with Gasteiger partial charge in [0.05, 0.1) is 0 Å². The molecule has 0 atom stereocenters. The van der Waals surface area contributed by atoms with Crippen LogP contribution in [0, 0.1) is 0 Å². The summed E-state index contributed by atoms with van der Waals surface area (Å²) in [5.74, 6) is 0. The minimum absolute atomic E-state index is 0. The van der Waals surface area contributed by atoms with Gasteiger partial charge in [-0.15, -0.1) is 0 Å². The van der Waals surface area contributed by atoms with Crippen molar-refractivity contribution in [3.05, 3.63) is 56.6 Å². The molecule has 0 amide bonds. The van der Waals surface area contributed by atoms with E-state index in [4.69, 9.17) is 0 Å². The first kappa shape index (κ1) is 22.8. The van der Waals surface area contributed by atoms with E-state index >= 15 is 0 Å². The van der Waals surface area contributed by atoms with Gasteiger partial charge in [-0.1, -0.05) is 0 Å². The van der Waals surface area contributed by atoms with Crippen molar-refractivity contribution in [3.63, 3.8) is 0 Å². The quantitative estimate of drug-likeness (QED) is 0.462. The standard InChI is InChI=1S/C15H19Si.3ClH.Ti/c1-16(2,3)15-10-9-14(12-15)11-13-7-5-4-6-8-13;;;;/h4-8,10H,9,11H2,1-3H3;3*1H;/q;;;;+3/p-3. The number of allylic oxidation sites excluding steroid dienone is 4. The van der Waals surface area contributed by atoms with Gasteiger partial charge in [0.2, 0.25) is 0 Å². The minimum atomic E-state index is -1.14. The molecule has 0 bridgehead atoms. The summed E-state index contributed by atoms with van der Waals surface area (Å²) in [7, 11) is -1.14. The largest absolute Gasteiger partial charge is 1.00 e. The van der Waals surface area contributed by atoms with Crippen LogP contribution in [0.25, 0.3) is 0 Å². The summed E-state index contributed by atoms with van der Waals surface area (Å²) in [5, 5.41) is 1.67. The maximum absolute atomic E-state index is 2.47. The van der Waals surface area contributed by atoms with Crippen LogP contribution in [0.2, 0.25) is 19.6 Å². The van der Waals surface area contributed by atoms with E-state index in [1.807, 2.05) is 0 Å². The minimum Gasteiger partial charge on any atom is -1.00 e. The molecule has 0 unspecified atom stereocenters. The van der Waals surface area contributed by atoms with Crippen LogP contribution in [0.15, 0.2) is 51.1 Å². The second-order valence-corrected chi connectivity index (χ2v) is 11.5. The van der Waals surface area contributed by atoms with Crippen molar-refractivity contribution in [3.8, 4) is 0 Å². The molecule has 1 aromatic rings. The predicted octanol–water partition coefficient (Wildman–Crippen LogP) is -4.75. The molecule has 1 aliphatic carbocycles. The summed E-state index contributed by atoms with van der Waals surface area (Å²) in [6.45, 7) is 7.31. The van der Waals surface area contributed by atoms with E-state index < -0.39 is 8.07 Å². The summed E-state index contributed by atoms with van der Waals surface area (Å²) in [6.07, 6.45) is 4.76. The normalized spacial score (nSPS) is 13.9. The van der Waals surface area contributed by atoms with E-state index in [1.165, 1.54) is 12.0 Å². The van der Waals surface area contributed by atoms with E-state index in [0.717, 1.165) is 6.42 Å². The van der Waals surface area contributed by atoms with Crippen LogP contribution in [0.3, 0.4) is 0 Å². The molecule has 0 fully saturated rings. The molecule has 0 saturated carbocycles. The summed E-state index contributed by atoms with van der Waals surface area (Å²) in [6, 6.07) is 10.8. The monoisotopic (exact) mass is 380 g/mol. The van der Waals surface area contributed by atoms with Crippen molar-refractivity contribution in [1.29, 1.82) is 0 Å². The molecule has 0 aliphatic heterocycles. The van der Waals surface area contributed by atoms with E-state index in [1.54, 1.807) is 14.6 Å². The van der Waals surface area contributed by atoms with Gasteiger partial charge in [0.15, 0.2) is 0 Å². The van der Waals surface area contributed by atoms with Gasteiger partial charge in [-0.25, -0.2) is 0 Å². The Balaban J connectivity index is 0. The van der Waals surface area contributed by atoms with E-state index in [-0.39, 0.29) is 37.2 Å². The molecular weight excluding hydrogens is 362 g/mol. The molecule has 1 aromatic carbocycles. The summed E-state index contributed by atoms with van der Waals surface area (Å²) >= 11 is 2.31. The molecule has 108 valence electrons. The van der Waals surface area contributed by atoms with Crippen LogP contribution in [0.4, 0.5) is 0 Å². The topological polar surface area (TPSA) is 0 Å². The van der Waals surface area contributed by atoms with Gasteiger partial charge in [0.25, 0.3) is 0 Å². The first-order chi connectivity index (χ1) is 7.98. The number of hydrogen-bond donors (Lipinski definition) is 0. The fourth-order valence-electron chi connectivity index (χ4n) is 2.30. The molecule has 0 radical (unpaired) electrons. The van der Waals surface area contributed by atoms with Gasteiger partial charge in [-0.05, 0) is 0 Å². The van der Waals surface area contributed by atoms with Crippen LogP contribution in [0.5, 0.6) is 0 Å². The number of rotatable bonds is 3. The molecule has 5 heteroatoms. The van der Waals surface area contributed by atoms with E-state index in [9.17, 15) is 0 Å². The number of benzene rings is 1. The fraction of sp³-hybridized carbons (Fsp3) is 0.333. The maximum Gasteiger partial charge on any atom is -1.00 e. The van der Waals surface area contributed by atoms with Gasteiger partial charge < -0.3 is 37.2 Å². The Morgan fingerprint density at radius 3 is 2.00 bits per heavy atom. The van der Waals surface area contributed by atoms with Crippen molar-refractivity contribution in [2.24, 2.45) is 0 Å². The van der Waals surface area contributed by atoms with Gasteiger partial charge in [-0.3, -0.25) is 0 Å². The third-order valence-corrected chi connectivity index (χ3v) is 6.68. The Morgan fingerprint density at radius 1 is 1.00 bits per heavy atom. The predicted molar refractivity (Wildman–Crippen MR) is 73.2 cm³/mol. The van der Waals surface area contributed by atoms with Crippen molar-refractivity contribution < 1.29 is 57.7 Å². The van der Waals surface area contributed by atoms with Crippen LogP contribution < -0.4 is 37.2 Å². The molecule has 0 nitrogen and oxygen atoms in total. The van der Waals surface area contributed by atoms with Crippen LogP contribution in [-0.4, -0.2) is 8.07 Å². The maximum atomic E-state index is 2.47. The van der Waals surface area contributed by atoms with Crippen molar-refractivity contribution in [2.75, 3.05) is 0 Å². The van der Waals surface area contributed by atoms with E-state index in [2.05, 4.69) is 76.5 Å². The van der Waals surface area contributed by atoms with Crippen molar-refractivity contribution >= 4 is 8.07 Å². The van der Waals surface area contributed by atoms with Crippen LogP contribution in [-0.2, 0) is 26.9 Å². The SMILES string of the molecule is C[Si](C)(C)C1=CCC(Cc2ccccc2)=[C]1[Ti+3].[Cl-].[Cl-].[Cl-]. The van der Waals surface area contributed by atoms with Gasteiger partial charge >= 0.3 is 118 Å². The molecule has 0 saturated heterocycles. The molecule has 0 heterocycles. The zero-order chi connectivity index (χ0) is 12.5. The zero-order valence-electron chi connectivity index (χ0n) is 12.0. The molecule has 0 aromatic heterocycles. The molecule has 0 N–H and O–H groups in total. The van der Waals surface area contributed by atoms with Gasteiger partial charge in [0, 0.05) is 0 Å². The Hall–Kier alpha value is 0.501. The van der Waals surface area contributed by atoms with E-state index in [0.29, 0.717) is 0 Å². The fourth-order valence-corrected chi connectivity index (χ4v) is 6.16. The second-order valence-electron chi connectivity index (χ2n) is 5.71. The Labute approximate surface area is 154 Å². The Kier molecular flexibility index (Phi) is 10.8. The molecular formula is C15H19Cl3SiTi. The van der Waals surface area contributed by atoms with Gasteiger partial charge in [-0.2, -0.15) is 0 Å². The average molecular weight is 382 g/mol. The van der Waals surface area contributed by atoms with Crippen molar-refractivity contribution in [2.45, 2.75) is 32.5 Å². The van der Waals surface area contributed by atoms with Gasteiger partial charge in [0.1, 0.15) is 0 Å². The van der Waals surface area contributed by atoms with Crippen molar-refractivity contribution in [1.82, 2.24) is 0 Å². The van der Waals surface area contributed by atoms with Crippen LogP contribution >= 0.6 is 0 Å². The Morgan fingerprint density at radius 2 is 1.55 bits per heavy atom. The smallest absolute Gasteiger partial charge is 1.00 e. The Bertz CT molecular complexity index is 476. The summed E-state index contributed by atoms with van der Waals surface area (Å²) < 4.78 is 1.58. The summed E-state index contributed by atoms with van der Waals surface area (Å²) in [4.78, 5) is 0. The molecule has 1 aliphatic rings. The second kappa shape index (κ2) is 9.50. The molecule has 20 heavy (non-hydrogen) atoms. The first-order valence-electron chi connectivity index (χ1n) is 6.17. The molecule has 0 spiro atoms. The number of hydrogen-bond acceptors (Lipinski definition) is 0. The molecule has 2 rings (SSSR count). The summed E-state index contributed by atoms with van der Waals surface area (Å²) in [5.41, 5.74) is 3.06. The third kappa shape index (κ3) is 5.71. The zero-order valence-corrected chi connectivity index (χ0v) is 16.8. The third-order valence-electron chi connectivity index (χ3n) is 3.24. The first-order valence-corrected chi connectivity index (χ1v) is 10.4. The number of halogens is 3. The average Bonchev–Trinajstić information content (AvgIpc) is 2.61.